The second kappa shape index (κ2) is 5.49. The maximum Gasteiger partial charge on any atom is 0.225 e. The molecular weight excluding hydrogens is 292 g/mol. The van der Waals surface area contributed by atoms with Crippen molar-refractivity contribution in [2.24, 2.45) is 5.92 Å². The summed E-state index contributed by atoms with van der Waals surface area (Å²) in [5.41, 5.74) is 1.98. The first-order valence-electron chi connectivity index (χ1n) is 7.81. The number of carbonyl (C=O) groups is 1. The number of imidazole rings is 1. The Morgan fingerprint density at radius 1 is 1.39 bits per heavy atom. The summed E-state index contributed by atoms with van der Waals surface area (Å²) in [6, 6.07) is 5.55. The molecule has 0 saturated heterocycles. The predicted molar refractivity (Wildman–Crippen MR) is 83.6 cm³/mol. The van der Waals surface area contributed by atoms with Crippen molar-refractivity contribution in [1.29, 1.82) is 0 Å². The Bertz CT molecular complexity index is 851. The molecule has 0 aliphatic carbocycles. The van der Waals surface area contributed by atoms with E-state index in [2.05, 4.69) is 25.1 Å². The molecule has 1 N–H and O–H groups in total. The molecule has 0 fully saturated rings. The largest absolute Gasteiger partial charge is 0.346 e. The smallest absolute Gasteiger partial charge is 0.225 e. The fourth-order valence-electron chi connectivity index (χ4n) is 3.14. The molecule has 3 aromatic rings. The standard InChI is InChI=1S/C16H18N6O/c1-11(15-20-19-14-4-2-3-7-22(14)15)18-16(23)12-5-6-13-8-17-10-21(13)9-12/h2-4,7-8,10-12H,5-6,9H2,1H3,(H,18,23). The molecule has 4 heterocycles. The van der Waals surface area contributed by atoms with Crippen LogP contribution in [0.25, 0.3) is 5.65 Å². The summed E-state index contributed by atoms with van der Waals surface area (Å²) in [5.74, 6) is 0.774. The summed E-state index contributed by atoms with van der Waals surface area (Å²) in [6.45, 7) is 2.63. The molecule has 0 spiro atoms. The summed E-state index contributed by atoms with van der Waals surface area (Å²) in [4.78, 5) is 16.7. The quantitative estimate of drug-likeness (QED) is 0.792. The van der Waals surface area contributed by atoms with E-state index < -0.39 is 0 Å². The van der Waals surface area contributed by atoms with Gasteiger partial charge in [0.05, 0.1) is 18.3 Å². The van der Waals surface area contributed by atoms with Crippen molar-refractivity contribution < 1.29 is 4.79 Å². The number of nitrogens with zero attached hydrogens (tertiary/aromatic N) is 5. The lowest BCUT2D eigenvalue weighted by molar-refractivity contribution is -0.126. The van der Waals surface area contributed by atoms with Gasteiger partial charge in [0.1, 0.15) is 0 Å². The summed E-state index contributed by atoms with van der Waals surface area (Å²) < 4.78 is 3.96. The molecule has 1 amide bonds. The van der Waals surface area contributed by atoms with Gasteiger partial charge >= 0.3 is 0 Å². The van der Waals surface area contributed by atoms with Gasteiger partial charge < -0.3 is 9.88 Å². The predicted octanol–water partition coefficient (Wildman–Crippen LogP) is 1.37. The maximum atomic E-state index is 12.6. The molecule has 4 rings (SSSR count). The Balaban J connectivity index is 1.48. The average molecular weight is 310 g/mol. The SMILES string of the molecule is CC(NC(=O)C1CCc2cncn2C1)c1nnc2ccccn12. The van der Waals surface area contributed by atoms with E-state index in [1.807, 2.05) is 41.9 Å². The first kappa shape index (κ1) is 13.9. The monoisotopic (exact) mass is 310 g/mol. The minimum atomic E-state index is -0.191. The third kappa shape index (κ3) is 2.48. The molecule has 7 heteroatoms. The van der Waals surface area contributed by atoms with Crippen LogP contribution in [0.4, 0.5) is 0 Å². The first-order valence-corrected chi connectivity index (χ1v) is 7.81. The van der Waals surface area contributed by atoms with Gasteiger partial charge in [-0.2, -0.15) is 0 Å². The highest BCUT2D eigenvalue weighted by Crippen LogP contribution is 2.21. The van der Waals surface area contributed by atoms with Crippen LogP contribution in [-0.4, -0.2) is 30.1 Å². The Labute approximate surface area is 133 Å². The normalized spacial score (nSPS) is 18.6. The minimum absolute atomic E-state index is 0.0293. The van der Waals surface area contributed by atoms with Crippen molar-refractivity contribution in [1.82, 2.24) is 29.5 Å². The number of pyridine rings is 1. The van der Waals surface area contributed by atoms with E-state index >= 15 is 0 Å². The number of amides is 1. The number of aromatic nitrogens is 5. The van der Waals surface area contributed by atoms with E-state index in [0.717, 1.165) is 24.3 Å². The molecule has 0 aromatic carbocycles. The fourth-order valence-corrected chi connectivity index (χ4v) is 3.14. The average Bonchev–Trinajstić information content (AvgIpc) is 3.20. The van der Waals surface area contributed by atoms with Gasteiger partial charge in [0.2, 0.25) is 5.91 Å². The Kier molecular flexibility index (Phi) is 3.33. The molecule has 0 bridgehead atoms. The molecule has 7 nitrogen and oxygen atoms in total. The van der Waals surface area contributed by atoms with Crippen LogP contribution < -0.4 is 5.32 Å². The zero-order valence-electron chi connectivity index (χ0n) is 12.9. The fraction of sp³-hybridized carbons (Fsp3) is 0.375. The zero-order chi connectivity index (χ0) is 15.8. The van der Waals surface area contributed by atoms with Gasteiger partial charge in [0, 0.05) is 24.6 Å². The topological polar surface area (TPSA) is 77.1 Å². The molecule has 2 unspecified atom stereocenters. The Hall–Kier alpha value is -2.70. The summed E-state index contributed by atoms with van der Waals surface area (Å²) in [6.07, 6.45) is 7.32. The van der Waals surface area contributed by atoms with E-state index in [4.69, 9.17) is 0 Å². The van der Waals surface area contributed by atoms with Gasteiger partial charge in [-0.25, -0.2) is 4.98 Å². The van der Waals surface area contributed by atoms with Gasteiger partial charge in [0.25, 0.3) is 0 Å². The number of hydrogen-bond acceptors (Lipinski definition) is 4. The van der Waals surface area contributed by atoms with Crippen molar-refractivity contribution in [3.63, 3.8) is 0 Å². The van der Waals surface area contributed by atoms with Crippen LogP contribution in [0.5, 0.6) is 0 Å². The van der Waals surface area contributed by atoms with Crippen molar-refractivity contribution in [2.75, 3.05) is 0 Å². The number of fused-ring (bicyclic) bond motifs is 2. The molecule has 2 atom stereocenters. The molecular formula is C16H18N6O. The number of hydrogen-bond donors (Lipinski definition) is 1. The molecule has 1 aliphatic heterocycles. The Morgan fingerprint density at radius 2 is 2.30 bits per heavy atom. The van der Waals surface area contributed by atoms with Gasteiger partial charge in [-0.3, -0.25) is 9.20 Å². The van der Waals surface area contributed by atoms with Crippen LogP contribution in [0.3, 0.4) is 0 Å². The van der Waals surface area contributed by atoms with E-state index in [0.29, 0.717) is 6.54 Å². The second-order valence-corrected chi connectivity index (χ2v) is 5.99. The zero-order valence-corrected chi connectivity index (χ0v) is 12.9. The minimum Gasteiger partial charge on any atom is -0.346 e. The maximum absolute atomic E-state index is 12.6. The number of carbonyl (C=O) groups excluding carboxylic acids is 1. The Morgan fingerprint density at radius 3 is 3.22 bits per heavy atom. The summed E-state index contributed by atoms with van der Waals surface area (Å²) in [5, 5.41) is 11.4. The van der Waals surface area contributed by atoms with Gasteiger partial charge in [-0.1, -0.05) is 6.07 Å². The molecule has 1 aliphatic rings. The number of rotatable bonds is 3. The van der Waals surface area contributed by atoms with Crippen molar-refractivity contribution in [3.05, 3.63) is 48.4 Å². The lowest BCUT2D eigenvalue weighted by Gasteiger charge is -2.24. The highest BCUT2D eigenvalue weighted by Gasteiger charge is 2.26. The highest BCUT2D eigenvalue weighted by molar-refractivity contribution is 5.79. The third-order valence-corrected chi connectivity index (χ3v) is 4.42. The molecule has 118 valence electrons. The molecule has 23 heavy (non-hydrogen) atoms. The molecule has 3 aromatic heterocycles. The van der Waals surface area contributed by atoms with E-state index in [-0.39, 0.29) is 17.9 Å². The van der Waals surface area contributed by atoms with Gasteiger partial charge in [0.15, 0.2) is 11.5 Å². The lowest BCUT2D eigenvalue weighted by atomic mass is 9.97. The van der Waals surface area contributed by atoms with Crippen LogP contribution in [0.1, 0.15) is 30.9 Å². The van der Waals surface area contributed by atoms with Gasteiger partial charge in [-0.15, -0.1) is 10.2 Å². The van der Waals surface area contributed by atoms with Crippen LogP contribution in [0.15, 0.2) is 36.9 Å². The van der Waals surface area contributed by atoms with Crippen LogP contribution in [-0.2, 0) is 17.8 Å². The van der Waals surface area contributed by atoms with E-state index in [1.165, 1.54) is 5.69 Å². The summed E-state index contributed by atoms with van der Waals surface area (Å²) >= 11 is 0. The number of nitrogens with one attached hydrogen (secondary N) is 1. The lowest BCUT2D eigenvalue weighted by Crippen LogP contribution is -2.37. The first-order chi connectivity index (χ1) is 11.2. The van der Waals surface area contributed by atoms with Crippen LogP contribution >= 0.6 is 0 Å². The van der Waals surface area contributed by atoms with Crippen molar-refractivity contribution >= 4 is 11.6 Å². The highest BCUT2D eigenvalue weighted by atomic mass is 16.2. The van der Waals surface area contributed by atoms with Crippen molar-refractivity contribution in [3.8, 4) is 0 Å². The van der Waals surface area contributed by atoms with Crippen LogP contribution in [0, 0.1) is 5.92 Å². The number of aryl methyl sites for hydroxylation is 1. The molecule has 0 radical (unpaired) electrons. The van der Waals surface area contributed by atoms with Crippen molar-refractivity contribution in [2.45, 2.75) is 32.4 Å². The summed E-state index contributed by atoms with van der Waals surface area (Å²) in [7, 11) is 0. The van der Waals surface area contributed by atoms with Gasteiger partial charge in [-0.05, 0) is 31.9 Å². The third-order valence-electron chi connectivity index (χ3n) is 4.42. The molecule has 0 saturated carbocycles. The van der Waals surface area contributed by atoms with Crippen LogP contribution in [0.2, 0.25) is 0 Å². The second-order valence-electron chi connectivity index (χ2n) is 5.99. The van der Waals surface area contributed by atoms with E-state index in [9.17, 15) is 4.79 Å². The van der Waals surface area contributed by atoms with E-state index in [1.54, 1.807) is 6.33 Å².